The Morgan fingerprint density at radius 3 is 2.46 bits per heavy atom. The maximum Gasteiger partial charge on any atom is 0.166 e. The van der Waals surface area contributed by atoms with E-state index in [0.29, 0.717) is 29.6 Å². The minimum atomic E-state index is -0.262. The van der Waals surface area contributed by atoms with E-state index in [9.17, 15) is 4.39 Å². The van der Waals surface area contributed by atoms with Crippen molar-refractivity contribution < 1.29 is 13.9 Å². The second-order valence-electron chi connectivity index (χ2n) is 5.52. The van der Waals surface area contributed by atoms with Crippen molar-refractivity contribution in [1.29, 1.82) is 0 Å². The number of hydrogen-bond acceptors (Lipinski definition) is 3. The Morgan fingerprint density at radius 1 is 1.08 bits per heavy atom. The Balaban J connectivity index is 0.00000288. The van der Waals surface area contributed by atoms with Gasteiger partial charge in [-0.25, -0.2) is 4.39 Å². The first kappa shape index (κ1) is 20.3. The van der Waals surface area contributed by atoms with Gasteiger partial charge < -0.3 is 14.8 Å². The van der Waals surface area contributed by atoms with Crippen LogP contribution in [-0.2, 0) is 13.2 Å². The van der Waals surface area contributed by atoms with Gasteiger partial charge in [0.1, 0.15) is 12.4 Å². The average molecular weight is 354 g/mol. The third kappa shape index (κ3) is 5.39. The number of hydrogen-bond donors (Lipinski definition) is 1. The van der Waals surface area contributed by atoms with Crippen LogP contribution in [0.25, 0.3) is 0 Å². The van der Waals surface area contributed by atoms with Crippen LogP contribution in [-0.4, -0.2) is 13.2 Å². The molecule has 0 radical (unpaired) electrons. The van der Waals surface area contributed by atoms with E-state index < -0.39 is 0 Å². The molecule has 1 N–H and O–H groups in total. The fourth-order valence-corrected chi connectivity index (χ4v) is 2.22. The van der Waals surface area contributed by atoms with Crippen molar-refractivity contribution in [2.24, 2.45) is 0 Å². The van der Waals surface area contributed by atoms with Crippen LogP contribution in [0.2, 0.25) is 0 Å². The number of rotatable bonds is 8. The summed E-state index contributed by atoms with van der Waals surface area (Å²) in [7, 11) is 1.61. The fourth-order valence-electron chi connectivity index (χ4n) is 2.22. The molecule has 24 heavy (non-hydrogen) atoms. The summed E-state index contributed by atoms with van der Waals surface area (Å²) in [5, 5.41) is 3.44. The zero-order valence-electron chi connectivity index (χ0n) is 14.3. The molecule has 0 spiro atoms. The summed E-state index contributed by atoms with van der Waals surface area (Å²) in [6.07, 6.45) is 1.05. The largest absolute Gasteiger partial charge is 0.493 e. The molecule has 1 unspecified atom stereocenters. The Hall–Kier alpha value is -1.78. The second-order valence-corrected chi connectivity index (χ2v) is 5.52. The lowest BCUT2D eigenvalue weighted by molar-refractivity contribution is 0.275. The first-order chi connectivity index (χ1) is 11.2. The molecule has 0 aliphatic heterocycles. The molecule has 1 atom stereocenters. The van der Waals surface area contributed by atoms with Crippen LogP contribution in [0, 0.1) is 5.82 Å². The van der Waals surface area contributed by atoms with E-state index in [4.69, 9.17) is 9.47 Å². The summed E-state index contributed by atoms with van der Waals surface area (Å²) >= 11 is 0. The minimum absolute atomic E-state index is 0. The Kier molecular flexibility index (Phi) is 8.58. The van der Waals surface area contributed by atoms with E-state index >= 15 is 0 Å². The van der Waals surface area contributed by atoms with E-state index in [1.54, 1.807) is 25.3 Å². The van der Waals surface area contributed by atoms with Crippen LogP contribution in [0.5, 0.6) is 11.5 Å². The molecule has 0 aliphatic carbocycles. The zero-order chi connectivity index (χ0) is 16.7. The molecule has 0 heterocycles. The lowest BCUT2D eigenvalue weighted by Gasteiger charge is -2.17. The number of para-hydroxylation sites is 1. The van der Waals surface area contributed by atoms with E-state index in [2.05, 4.69) is 19.2 Å². The molecule has 2 aromatic rings. The van der Waals surface area contributed by atoms with Crippen LogP contribution < -0.4 is 14.8 Å². The minimum Gasteiger partial charge on any atom is -0.493 e. The quantitative estimate of drug-likeness (QED) is 0.744. The van der Waals surface area contributed by atoms with E-state index in [1.807, 2.05) is 18.2 Å². The number of benzene rings is 2. The van der Waals surface area contributed by atoms with Gasteiger partial charge in [0.25, 0.3) is 0 Å². The number of methoxy groups -OCH3 is 1. The van der Waals surface area contributed by atoms with Crippen LogP contribution in [0.4, 0.5) is 4.39 Å². The molecular formula is C19H25ClFNO2. The third-order valence-electron chi connectivity index (χ3n) is 3.86. The lowest BCUT2D eigenvalue weighted by atomic mass is 10.1. The van der Waals surface area contributed by atoms with Gasteiger partial charge in [-0.05, 0) is 25.5 Å². The average Bonchev–Trinajstić information content (AvgIpc) is 2.59. The van der Waals surface area contributed by atoms with E-state index in [0.717, 1.165) is 12.0 Å². The van der Waals surface area contributed by atoms with Crippen molar-refractivity contribution in [2.75, 3.05) is 7.11 Å². The van der Waals surface area contributed by atoms with Gasteiger partial charge in [0.05, 0.1) is 7.11 Å². The van der Waals surface area contributed by atoms with Crippen molar-refractivity contribution in [3.8, 4) is 11.5 Å². The summed E-state index contributed by atoms with van der Waals surface area (Å²) in [6.45, 7) is 5.13. The molecule has 5 heteroatoms. The van der Waals surface area contributed by atoms with Crippen molar-refractivity contribution in [3.63, 3.8) is 0 Å². The molecule has 0 aromatic heterocycles. The van der Waals surface area contributed by atoms with E-state index in [1.165, 1.54) is 6.07 Å². The van der Waals surface area contributed by atoms with E-state index in [-0.39, 0.29) is 24.8 Å². The summed E-state index contributed by atoms with van der Waals surface area (Å²) in [5.41, 5.74) is 1.53. The highest BCUT2D eigenvalue weighted by Crippen LogP contribution is 2.32. The zero-order valence-corrected chi connectivity index (χ0v) is 15.2. The van der Waals surface area contributed by atoms with Crippen LogP contribution in [0.15, 0.2) is 42.5 Å². The maximum atomic E-state index is 13.8. The lowest BCUT2D eigenvalue weighted by Crippen LogP contribution is -2.24. The normalized spacial score (nSPS) is 11.5. The predicted octanol–water partition coefficient (Wildman–Crippen LogP) is 4.72. The monoisotopic (exact) mass is 353 g/mol. The maximum absolute atomic E-state index is 13.8. The van der Waals surface area contributed by atoms with Gasteiger partial charge in [0.2, 0.25) is 0 Å². The summed E-state index contributed by atoms with van der Waals surface area (Å²) in [4.78, 5) is 0. The second kappa shape index (κ2) is 10.2. The van der Waals surface area contributed by atoms with Gasteiger partial charge in [-0.2, -0.15) is 0 Å². The van der Waals surface area contributed by atoms with Crippen molar-refractivity contribution in [1.82, 2.24) is 5.32 Å². The number of ether oxygens (including phenoxy) is 2. The Morgan fingerprint density at radius 2 is 1.79 bits per heavy atom. The van der Waals surface area contributed by atoms with Crippen LogP contribution in [0.3, 0.4) is 0 Å². The number of halogens is 2. The Bertz CT molecular complexity index is 637. The SMILES string of the molecule is CCC(C)NCc1cccc(OC)c1OCc1ccccc1F.Cl. The highest BCUT2D eigenvalue weighted by Gasteiger charge is 2.12. The van der Waals surface area contributed by atoms with Gasteiger partial charge in [0, 0.05) is 23.7 Å². The number of nitrogens with one attached hydrogen (secondary N) is 1. The molecule has 0 fully saturated rings. The molecule has 2 rings (SSSR count). The van der Waals surface area contributed by atoms with Gasteiger partial charge in [-0.3, -0.25) is 0 Å². The highest BCUT2D eigenvalue weighted by molar-refractivity contribution is 5.85. The first-order valence-corrected chi connectivity index (χ1v) is 7.91. The molecule has 0 saturated carbocycles. The standard InChI is InChI=1S/C19H24FNO2.ClH/c1-4-14(2)21-12-15-9-7-11-18(22-3)19(15)23-13-16-8-5-6-10-17(16)20;/h5-11,14,21H,4,12-13H2,1-3H3;1H. The molecule has 0 amide bonds. The fraction of sp³-hybridized carbons (Fsp3) is 0.368. The molecule has 0 aliphatic rings. The molecule has 3 nitrogen and oxygen atoms in total. The van der Waals surface area contributed by atoms with Gasteiger partial charge >= 0.3 is 0 Å². The van der Waals surface area contributed by atoms with Crippen LogP contribution in [0.1, 0.15) is 31.4 Å². The molecular weight excluding hydrogens is 329 g/mol. The predicted molar refractivity (Wildman–Crippen MR) is 97.6 cm³/mol. The molecule has 132 valence electrons. The van der Waals surface area contributed by atoms with Gasteiger partial charge in [-0.15, -0.1) is 12.4 Å². The molecule has 2 aromatic carbocycles. The summed E-state index contributed by atoms with van der Waals surface area (Å²) < 4.78 is 25.0. The van der Waals surface area contributed by atoms with Crippen molar-refractivity contribution >= 4 is 12.4 Å². The Labute approximate surface area is 149 Å². The summed E-state index contributed by atoms with van der Waals surface area (Å²) in [5.74, 6) is 1.06. The van der Waals surface area contributed by atoms with Crippen LogP contribution >= 0.6 is 12.4 Å². The van der Waals surface area contributed by atoms with Gasteiger partial charge in [-0.1, -0.05) is 37.3 Å². The highest BCUT2D eigenvalue weighted by atomic mass is 35.5. The van der Waals surface area contributed by atoms with Gasteiger partial charge in [0.15, 0.2) is 11.5 Å². The van der Waals surface area contributed by atoms with Crippen molar-refractivity contribution in [3.05, 3.63) is 59.4 Å². The smallest absolute Gasteiger partial charge is 0.166 e. The summed E-state index contributed by atoms with van der Waals surface area (Å²) in [6, 6.07) is 12.8. The third-order valence-corrected chi connectivity index (χ3v) is 3.86. The first-order valence-electron chi connectivity index (χ1n) is 7.91. The molecule has 0 saturated heterocycles. The van der Waals surface area contributed by atoms with Crippen molar-refractivity contribution in [2.45, 2.75) is 39.5 Å². The molecule has 0 bridgehead atoms. The topological polar surface area (TPSA) is 30.5 Å².